The summed E-state index contributed by atoms with van der Waals surface area (Å²) in [6, 6.07) is 6.87. The number of nitrogens with zero attached hydrogens (tertiary/aromatic N) is 1. The molecule has 0 aliphatic carbocycles. The number of thiazole rings is 1. The van der Waals surface area contributed by atoms with Crippen LogP contribution in [-0.4, -0.2) is 15.9 Å². The number of phenols is 1. The van der Waals surface area contributed by atoms with Gasteiger partial charge in [0, 0.05) is 17.1 Å². The fourth-order valence-corrected chi connectivity index (χ4v) is 2.45. The number of Topliss-reactive ketones (excluding diaryl/α,β-unsaturated/α-hetero) is 1. The molecule has 0 bridgehead atoms. The first-order chi connectivity index (χ1) is 7.70. The normalized spacial score (nSPS) is 12.3. The lowest BCUT2D eigenvalue weighted by atomic mass is 9.95. The van der Waals surface area contributed by atoms with Crippen molar-refractivity contribution in [2.45, 2.75) is 12.8 Å². The Bertz CT molecular complexity index is 493. The molecule has 0 saturated heterocycles. The molecule has 1 N–H and O–H groups in total. The van der Waals surface area contributed by atoms with Crippen molar-refractivity contribution in [2.75, 3.05) is 0 Å². The minimum absolute atomic E-state index is 0.0172. The summed E-state index contributed by atoms with van der Waals surface area (Å²) in [5, 5.41) is 12.3. The molecule has 0 amide bonds. The fraction of sp³-hybridized carbons (Fsp3) is 0.167. The predicted molar refractivity (Wildman–Crippen MR) is 62.7 cm³/mol. The standard InChI is InChI=1S/C12H11NO2S/c1-8(14)11(12-13-6-7-16-12)9-4-2-3-5-10(9)15/h2-7,11,15H,1H3. The molecule has 0 fully saturated rings. The molecule has 2 aromatic rings. The van der Waals surface area contributed by atoms with Gasteiger partial charge in [-0.1, -0.05) is 18.2 Å². The third-order valence-electron chi connectivity index (χ3n) is 2.35. The molecule has 3 nitrogen and oxygen atoms in total. The van der Waals surface area contributed by atoms with E-state index in [1.165, 1.54) is 18.3 Å². The van der Waals surface area contributed by atoms with E-state index in [0.29, 0.717) is 10.6 Å². The molecule has 16 heavy (non-hydrogen) atoms. The van der Waals surface area contributed by atoms with Crippen LogP contribution in [0.4, 0.5) is 0 Å². The number of aromatic nitrogens is 1. The molecular formula is C12H11NO2S. The zero-order valence-electron chi connectivity index (χ0n) is 8.75. The SMILES string of the molecule is CC(=O)C(c1nccs1)c1ccccc1O. The summed E-state index contributed by atoms with van der Waals surface area (Å²) < 4.78 is 0. The van der Waals surface area contributed by atoms with Crippen molar-refractivity contribution in [3.8, 4) is 5.75 Å². The maximum Gasteiger partial charge on any atom is 0.144 e. The van der Waals surface area contributed by atoms with Crippen molar-refractivity contribution in [3.63, 3.8) is 0 Å². The van der Waals surface area contributed by atoms with Crippen molar-refractivity contribution < 1.29 is 9.90 Å². The smallest absolute Gasteiger partial charge is 0.144 e. The lowest BCUT2D eigenvalue weighted by Gasteiger charge is -2.12. The van der Waals surface area contributed by atoms with E-state index in [-0.39, 0.29) is 11.5 Å². The number of rotatable bonds is 3. The summed E-state index contributed by atoms with van der Waals surface area (Å²) in [5.74, 6) is -0.337. The Morgan fingerprint density at radius 1 is 1.44 bits per heavy atom. The average molecular weight is 233 g/mol. The van der Waals surface area contributed by atoms with Gasteiger partial charge in [0.2, 0.25) is 0 Å². The van der Waals surface area contributed by atoms with E-state index in [2.05, 4.69) is 4.98 Å². The molecule has 4 heteroatoms. The molecule has 0 aliphatic heterocycles. The molecule has 1 heterocycles. The zero-order valence-corrected chi connectivity index (χ0v) is 9.57. The van der Waals surface area contributed by atoms with E-state index >= 15 is 0 Å². The fourth-order valence-electron chi connectivity index (χ4n) is 1.63. The van der Waals surface area contributed by atoms with Gasteiger partial charge in [0.1, 0.15) is 16.5 Å². The number of aromatic hydroxyl groups is 1. The van der Waals surface area contributed by atoms with Crippen molar-refractivity contribution in [1.82, 2.24) is 4.98 Å². The first kappa shape index (κ1) is 10.8. The Hall–Kier alpha value is -1.68. The highest BCUT2D eigenvalue weighted by Crippen LogP contribution is 2.32. The molecule has 82 valence electrons. The molecule has 0 radical (unpaired) electrons. The van der Waals surface area contributed by atoms with Crippen LogP contribution in [0.3, 0.4) is 0 Å². The summed E-state index contributed by atoms with van der Waals surface area (Å²) in [5.41, 5.74) is 0.616. The van der Waals surface area contributed by atoms with E-state index in [4.69, 9.17) is 0 Å². The highest BCUT2D eigenvalue weighted by Gasteiger charge is 2.23. The van der Waals surface area contributed by atoms with Crippen LogP contribution >= 0.6 is 11.3 Å². The summed E-state index contributed by atoms with van der Waals surface area (Å²) in [4.78, 5) is 15.8. The van der Waals surface area contributed by atoms with E-state index in [1.54, 1.807) is 30.5 Å². The predicted octanol–water partition coefficient (Wildman–Crippen LogP) is 2.57. The van der Waals surface area contributed by atoms with Crippen LogP contribution in [0.1, 0.15) is 23.4 Å². The third-order valence-corrected chi connectivity index (χ3v) is 3.19. The largest absolute Gasteiger partial charge is 0.508 e. The molecule has 0 aliphatic rings. The number of carbonyl (C=O) groups excluding carboxylic acids is 1. The van der Waals surface area contributed by atoms with Crippen molar-refractivity contribution in [2.24, 2.45) is 0 Å². The number of hydrogen-bond acceptors (Lipinski definition) is 4. The van der Waals surface area contributed by atoms with Gasteiger partial charge in [-0.3, -0.25) is 4.79 Å². The van der Waals surface area contributed by atoms with E-state index in [1.807, 2.05) is 5.38 Å². The lowest BCUT2D eigenvalue weighted by molar-refractivity contribution is -0.117. The molecule has 2 rings (SSSR count). The highest BCUT2D eigenvalue weighted by atomic mass is 32.1. The molecule has 0 saturated carbocycles. The number of benzene rings is 1. The molecule has 1 aromatic carbocycles. The first-order valence-electron chi connectivity index (χ1n) is 4.88. The Labute approximate surface area is 97.4 Å². The monoisotopic (exact) mass is 233 g/mol. The van der Waals surface area contributed by atoms with Crippen molar-refractivity contribution >= 4 is 17.1 Å². The van der Waals surface area contributed by atoms with Crippen molar-refractivity contribution in [1.29, 1.82) is 0 Å². The van der Waals surface area contributed by atoms with Gasteiger partial charge in [0.25, 0.3) is 0 Å². The van der Waals surface area contributed by atoms with Crippen LogP contribution in [0.5, 0.6) is 5.75 Å². The minimum Gasteiger partial charge on any atom is -0.508 e. The number of hydrogen-bond donors (Lipinski definition) is 1. The van der Waals surface area contributed by atoms with Gasteiger partial charge in [-0.25, -0.2) is 4.98 Å². The average Bonchev–Trinajstić information content (AvgIpc) is 2.74. The van der Waals surface area contributed by atoms with Crippen molar-refractivity contribution in [3.05, 3.63) is 46.4 Å². The number of carbonyl (C=O) groups is 1. The van der Waals surface area contributed by atoms with Crippen LogP contribution in [0.25, 0.3) is 0 Å². The van der Waals surface area contributed by atoms with Crippen LogP contribution in [0.2, 0.25) is 0 Å². The Morgan fingerprint density at radius 3 is 2.75 bits per heavy atom. The van der Waals surface area contributed by atoms with Gasteiger partial charge >= 0.3 is 0 Å². The maximum atomic E-state index is 11.7. The van der Waals surface area contributed by atoms with Gasteiger partial charge in [0.15, 0.2) is 0 Å². The van der Waals surface area contributed by atoms with Crippen LogP contribution in [0.15, 0.2) is 35.8 Å². The number of ketones is 1. The Kier molecular flexibility index (Phi) is 3.01. The second-order valence-corrected chi connectivity index (χ2v) is 4.40. The number of para-hydroxylation sites is 1. The third kappa shape index (κ3) is 1.97. The zero-order chi connectivity index (χ0) is 11.5. The summed E-state index contributed by atoms with van der Waals surface area (Å²) >= 11 is 1.42. The maximum absolute atomic E-state index is 11.7. The van der Waals surface area contributed by atoms with E-state index in [0.717, 1.165) is 0 Å². The highest BCUT2D eigenvalue weighted by molar-refractivity contribution is 7.09. The van der Waals surface area contributed by atoms with Crippen LogP contribution in [0, 0.1) is 0 Å². The Morgan fingerprint density at radius 2 is 2.19 bits per heavy atom. The van der Waals surface area contributed by atoms with Gasteiger partial charge < -0.3 is 5.11 Å². The summed E-state index contributed by atoms with van der Waals surface area (Å²) in [7, 11) is 0. The molecular weight excluding hydrogens is 222 g/mol. The minimum atomic E-state index is -0.457. The quantitative estimate of drug-likeness (QED) is 0.886. The molecule has 1 aromatic heterocycles. The van der Waals surface area contributed by atoms with E-state index < -0.39 is 5.92 Å². The van der Waals surface area contributed by atoms with Crippen LogP contribution < -0.4 is 0 Å². The molecule has 1 atom stereocenters. The topological polar surface area (TPSA) is 50.2 Å². The van der Waals surface area contributed by atoms with Gasteiger partial charge in [-0.15, -0.1) is 11.3 Å². The Balaban J connectivity index is 2.50. The first-order valence-corrected chi connectivity index (χ1v) is 5.76. The molecule has 1 unspecified atom stereocenters. The van der Waals surface area contributed by atoms with Gasteiger partial charge in [0.05, 0.1) is 5.92 Å². The summed E-state index contributed by atoms with van der Waals surface area (Å²) in [6.45, 7) is 1.51. The summed E-state index contributed by atoms with van der Waals surface area (Å²) in [6.07, 6.45) is 1.66. The van der Waals surface area contributed by atoms with Crippen LogP contribution in [-0.2, 0) is 4.79 Å². The second-order valence-electron chi connectivity index (χ2n) is 3.47. The molecule has 0 spiro atoms. The second kappa shape index (κ2) is 4.45. The lowest BCUT2D eigenvalue weighted by Crippen LogP contribution is -2.10. The van der Waals surface area contributed by atoms with Gasteiger partial charge in [-0.05, 0) is 13.0 Å². The van der Waals surface area contributed by atoms with E-state index in [9.17, 15) is 9.90 Å². The number of phenolic OH excluding ortho intramolecular Hbond substituents is 1. The van der Waals surface area contributed by atoms with Gasteiger partial charge in [-0.2, -0.15) is 0 Å².